The van der Waals surface area contributed by atoms with Crippen molar-refractivity contribution in [2.45, 2.75) is 72.6 Å². The second-order valence-electron chi connectivity index (χ2n) is 7.65. The van der Waals surface area contributed by atoms with Crippen LogP contribution in [0.2, 0.25) is 0 Å². The highest BCUT2D eigenvalue weighted by molar-refractivity contribution is 5.02. The summed E-state index contributed by atoms with van der Waals surface area (Å²) in [5.41, 5.74) is 1.49. The molecule has 120 valence electrons. The van der Waals surface area contributed by atoms with Gasteiger partial charge in [0.1, 0.15) is 0 Å². The number of rotatable bonds is 4. The lowest BCUT2D eigenvalue weighted by molar-refractivity contribution is 0.0864. The molecule has 1 aromatic heterocycles. The third kappa shape index (κ3) is 4.07. The molecule has 0 amide bonds. The third-order valence-electron chi connectivity index (χ3n) is 4.82. The Morgan fingerprint density at radius 2 is 2.14 bits per heavy atom. The second-order valence-corrected chi connectivity index (χ2v) is 7.65. The van der Waals surface area contributed by atoms with E-state index in [1.165, 1.54) is 5.69 Å². The number of piperazine rings is 1. The van der Waals surface area contributed by atoms with E-state index >= 15 is 0 Å². The van der Waals surface area contributed by atoms with E-state index in [9.17, 15) is 0 Å². The molecule has 0 aliphatic carbocycles. The van der Waals surface area contributed by atoms with Crippen LogP contribution in [0.25, 0.3) is 0 Å². The summed E-state index contributed by atoms with van der Waals surface area (Å²) in [4.78, 5) is 2.57. The molecule has 1 aliphatic rings. The lowest BCUT2D eigenvalue weighted by Gasteiger charge is -2.43. The van der Waals surface area contributed by atoms with Crippen molar-refractivity contribution in [2.24, 2.45) is 5.41 Å². The van der Waals surface area contributed by atoms with E-state index in [0.717, 1.165) is 26.1 Å². The third-order valence-corrected chi connectivity index (χ3v) is 4.82. The van der Waals surface area contributed by atoms with Gasteiger partial charge >= 0.3 is 0 Å². The van der Waals surface area contributed by atoms with Gasteiger partial charge in [-0.15, -0.1) is 0 Å². The molecule has 1 aliphatic heterocycles. The molecule has 0 bridgehead atoms. The number of aromatic nitrogens is 2. The fraction of sp³-hybridized carbons (Fsp3) is 0.824. The highest BCUT2D eigenvalue weighted by atomic mass is 15.3. The van der Waals surface area contributed by atoms with Crippen molar-refractivity contribution in [1.82, 2.24) is 20.0 Å². The summed E-state index contributed by atoms with van der Waals surface area (Å²) in [5.74, 6) is 0. The first-order valence-corrected chi connectivity index (χ1v) is 8.32. The molecule has 1 N–H and O–H groups in total. The van der Waals surface area contributed by atoms with E-state index in [0.29, 0.717) is 23.5 Å². The van der Waals surface area contributed by atoms with Crippen molar-refractivity contribution in [3.8, 4) is 0 Å². The van der Waals surface area contributed by atoms with E-state index in [1.54, 1.807) is 0 Å². The first-order chi connectivity index (χ1) is 9.81. The molecule has 0 saturated carbocycles. The first kappa shape index (κ1) is 16.5. The Hall–Kier alpha value is -0.870. The predicted octanol–water partition coefficient (Wildman–Crippen LogP) is 3.06. The topological polar surface area (TPSA) is 33.1 Å². The number of nitrogens with zero attached hydrogens (tertiary/aromatic N) is 3. The van der Waals surface area contributed by atoms with Crippen molar-refractivity contribution < 1.29 is 0 Å². The molecule has 0 radical (unpaired) electrons. The van der Waals surface area contributed by atoms with E-state index in [4.69, 9.17) is 5.10 Å². The summed E-state index contributed by atoms with van der Waals surface area (Å²) in [6, 6.07) is 3.77. The van der Waals surface area contributed by atoms with E-state index in [2.05, 4.69) is 68.7 Å². The fourth-order valence-electron chi connectivity index (χ4n) is 2.82. The molecule has 0 spiro atoms. The lowest BCUT2D eigenvalue weighted by atomic mass is 9.85. The average Bonchev–Trinajstić information content (AvgIpc) is 2.87. The summed E-state index contributed by atoms with van der Waals surface area (Å²) in [7, 11) is 0. The molecule has 21 heavy (non-hydrogen) atoms. The largest absolute Gasteiger partial charge is 0.311 e. The van der Waals surface area contributed by atoms with Gasteiger partial charge in [-0.05, 0) is 31.7 Å². The van der Waals surface area contributed by atoms with E-state index in [-0.39, 0.29) is 0 Å². The Labute approximate surface area is 129 Å². The van der Waals surface area contributed by atoms with Crippen LogP contribution < -0.4 is 5.32 Å². The molecule has 1 aromatic rings. The van der Waals surface area contributed by atoms with Crippen LogP contribution in [0, 0.1) is 5.41 Å². The molecule has 0 aromatic carbocycles. The SMILES string of the molecule is CCC(C)n1ccc(CN2CC(C(C)(C)C)NCC2C)n1. The van der Waals surface area contributed by atoms with Crippen LogP contribution in [0.4, 0.5) is 0 Å². The Kier molecular flexibility index (Phi) is 5.10. The maximum absolute atomic E-state index is 4.75. The predicted molar refractivity (Wildman–Crippen MR) is 88.3 cm³/mol. The van der Waals surface area contributed by atoms with Gasteiger partial charge < -0.3 is 5.32 Å². The minimum Gasteiger partial charge on any atom is -0.311 e. The minimum absolute atomic E-state index is 0.300. The van der Waals surface area contributed by atoms with Crippen LogP contribution in [0.3, 0.4) is 0 Å². The number of hydrogen-bond acceptors (Lipinski definition) is 3. The summed E-state index contributed by atoms with van der Waals surface area (Å²) in [6.45, 7) is 16.8. The Bertz CT molecular complexity index is 446. The van der Waals surface area contributed by atoms with E-state index < -0.39 is 0 Å². The molecule has 1 saturated heterocycles. The lowest BCUT2D eigenvalue weighted by Crippen LogP contribution is -2.59. The van der Waals surface area contributed by atoms with Gasteiger partial charge in [0.2, 0.25) is 0 Å². The first-order valence-electron chi connectivity index (χ1n) is 8.32. The molecular formula is C17H32N4. The zero-order valence-corrected chi connectivity index (χ0v) is 14.6. The summed E-state index contributed by atoms with van der Waals surface area (Å²) >= 11 is 0. The maximum atomic E-state index is 4.75. The van der Waals surface area contributed by atoms with Crippen LogP contribution in [-0.2, 0) is 6.54 Å². The van der Waals surface area contributed by atoms with Crippen molar-refractivity contribution in [3.63, 3.8) is 0 Å². The van der Waals surface area contributed by atoms with Crippen LogP contribution in [0.1, 0.15) is 59.7 Å². The van der Waals surface area contributed by atoms with Crippen LogP contribution >= 0.6 is 0 Å². The molecule has 4 nitrogen and oxygen atoms in total. The quantitative estimate of drug-likeness (QED) is 0.926. The molecule has 2 heterocycles. The zero-order valence-electron chi connectivity index (χ0n) is 14.6. The van der Waals surface area contributed by atoms with Gasteiger partial charge in [-0.25, -0.2) is 0 Å². The van der Waals surface area contributed by atoms with Crippen molar-refractivity contribution in [2.75, 3.05) is 13.1 Å². The van der Waals surface area contributed by atoms with Gasteiger partial charge in [-0.1, -0.05) is 27.7 Å². The standard InChI is InChI=1S/C17H32N4/c1-7-13(2)21-9-8-15(19-21)11-20-12-16(17(4,5)6)18-10-14(20)3/h8-9,13-14,16,18H,7,10-12H2,1-6H3. The van der Waals surface area contributed by atoms with Crippen LogP contribution in [0.15, 0.2) is 12.3 Å². The molecule has 2 rings (SSSR count). The Morgan fingerprint density at radius 3 is 2.76 bits per heavy atom. The molecule has 3 atom stereocenters. The normalized spacial score (nSPS) is 26.0. The highest BCUT2D eigenvalue weighted by Gasteiger charge is 2.32. The van der Waals surface area contributed by atoms with Crippen LogP contribution in [-0.4, -0.2) is 39.9 Å². The van der Waals surface area contributed by atoms with Gasteiger partial charge in [0.25, 0.3) is 0 Å². The fourth-order valence-corrected chi connectivity index (χ4v) is 2.82. The number of hydrogen-bond donors (Lipinski definition) is 1. The van der Waals surface area contributed by atoms with Crippen molar-refractivity contribution in [1.29, 1.82) is 0 Å². The Morgan fingerprint density at radius 1 is 1.43 bits per heavy atom. The molecule has 1 fully saturated rings. The molecular weight excluding hydrogens is 260 g/mol. The maximum Gasteiger partial charge on any atom is 0.0765 e. The van der Waals surface area contributed by atoms with Gasteiger partial charge in [-0.2, -0.15) is 5.10 Å². The van der Waals surface area contributed by atoms with Crippen molar-refractivity contribution in [3.05, 3.63) is 18.0 Å². The van der Waals surface area contributed by atoms with Gasteiger partial charge in [0, 0.05) is 44.0 Å². The highest BCUT2D eigenvalue weighted by Crippen LogP contribution is 2.24. The molecule has 3 unspecified atom stereocenters. The zero-order chi connectivity index (χ0) is 15.6. The van der Waals surface area contributed by atoms with Gasteiger partial charge in [0.05, 0.1) is 5.69 Å². The van der Waals surface area contributed by atoms with Crippen LogP contribution in [0.5, 0.6) is 0 Å². The smallest absolute Gasteiger partial charge is 0.0765 e. The average molecular weight is 292 g/mol. The Balaban J connectivity index is 2.01. The second kappa shape index (κ2) is 6.49. The van der Waals surface area contributed by atoms with Crippen molar-refractivity contribution >= 4 is 0 Å². The van der Waals surface area contributed by atoms with Gasteiger partial charge in [0.15, 0.2) is 0 Å². The summed E-state index contributed by atoms with van der Waals surface area (Å²) in [6.07, 6.45) is 3.24. The monoisotopic (exact) mass is 292 g/mol. The summed E-state index contributed by atoms with van der Waals surface area (Å²) < 4.78 is 2.10. The number of nitrogens with one attached hydrogen (secondary N) is 1. The van der Waals surface area contributed by atoms with Gasteiger partial charge in [-0.3, -0.25) is 9.58 Å². The van der Waals surface area contributed by atoms with E-state index in [1.807, 2.05) is 0 Å². The molecule has 4 heteroatoms. The minimum atomic E-state index is 0.300. The summed E-state index contributed by atoms with van der Waals surface area (Å²) in [5, 5.41) is 8.44.